The van der Waals surface area contributed by atoms with E-state index in [4.69, 9.17) is 15.2 Å². The lowest BCUT2D eigenvalue weighted by atomic mass is 9.72. The van der Waals surface area contributed by atoms with Crippen LogP contribution in [0.3, 0.4) is 0 Å². The lowest BCUT2D eigenvalue weighted by Crippen LogP contribution is -2.41. The van der Waals surface area contributed by atoms with Crippen molar-refractivity contribution in [3.8, 4) is 11.5 Å². The molecule has 0 bridgehead atoms. The van der Waals surface area contributed by atoms with E-state index in [-0.39, 0.29) is 29.8 Å². The van der Waals surface area contributed by atoms with Crippen LogP contribution in [0.25, 0.3) is 0 Å². The summed E-state index contributed by atoms with van der Waals surface area (Å²) in [4.78, 5) is 15.8. The smallest absolute Gasteiger partial charge is 0.302 e. The second kappa shape index (κ2) is 13.7. The van der Waals surface area contributed by atoms with Crippen molar-refractivity contribution in [2.24, 2.45) is 28.5 Å². The number of guanidine groups is 1. The molecule has 1 aromatic rings. The third kappa shape index (κ3) is 8.57. The van der Waals surface area contributed by atoms with Crippen molar-refractivity contribution >= 4 is 11.9 Å². The standard InChI is InChI=1S/C28H45N3O5/c1-18-8-11-21(15-22(18)17-31-28(29)30-3)26(34)16-24(35-19(2)32)12-9-20-10-13-25(33)27(14-20)36-23-6-4-5-7-23/h10,13-14,18,21-24,26,33-34H,4-9,11-12,15-17H2,1-3H3,(H3,29,30,31)/t18-,21+,22-,24+,26+/m0/s1. The molecule has 2 aliphatic rings. The molecule has 1 aromatic carbocycles. The number of aliphatic hydroxyl groups excluding tert-OH is 1. The van der Waals surface area contributed by atoms with Gasteiger partial charge in [0.05, 0.1) is 12.2 Å². The molecule has 0 amide bonds. The van der Waals surface area contributed by atoms with Gasteiger partial charge in [0.2, 0.25) is 0 Å². The second-order valence-corrected chi connectivity index (χ2v) is 10.7. The van der Waals surface area contributed by atoms with Gasteiger partial charge in [-0.15, -0.1) is 0 Å². The fourth-order valence-corrected chi connectivity index (χ4v) is 5.64. The first-order chi connectivity index (χ1) is 17.2. The maximum Gasteiger partial charge on any atom is 0.302 e. The molecule has 2 aliphatic carbocycles. The monoisotopic (exact) mass is 503 g/mol. The number of carbonyl (C=O) groups excluding carboxylic acids is 1. The summed E-state index contributed by atoms with van der Waals surface area (Å²) in [6, 6.07) is 5.44. The first-order valence-electron chi connectivity index (χ1n) is 13.5. The summed E-state index contributed by atoms with van der Waals surface area (Å²) >= 11 is 0. The van der Waals surface area contributed by atoms with E-state index in [2.05, 4.69) is 17.2 Å². The van der Waals surface area contributed by atoms with E-state index in [9.17, 15) is 15.0 Å². The number of nitrogens with zero attached hydrogens (tertiary/aromatic N) is 1. The van der Waals surface area contributed by atoms with Crippen molar-refractivity contribution in [3.05, 3.63) is 23.8 Å². The molecular weight excluding hydrogens is 458 g/mol. The lowest BCUT2D eigenvalue weighted by Gasteiger charge is -2.37. The summed E-state index contributed by atoms with van der Waals surface area (Å²) in [5.41, 5.74) is 6.82. The Morgan fingerprint density at radius 2 is 2.00 bits per heavy atom. The minimum atomic E-state index is -0.539. The van der Waals surface area contributed by atoms with E-state index in [1.54, 1.807) is 13.1 Å². The maximum atomic E-state index is 11.8. The fraction of sp³-hybridized carbons (Fsp3) is 0.714. The van der Waals surface area contributed by atoms with Gasteiger partial charge in [0.25, 0.3) is 0 Å². The molecule has 0 saturated heterocycles. The molecule has 0 unspecified atom stereocenters. The van der Waals surface area contributed by atoms with Crippen LogP contribution < -0.4 is 15.8 Å². The van der Waals surface area contributed by atoms with Crippen molar-refractivity contribution in [1.29, 1.82) is 0 Å². The van der Waals surface area contributed by atoms with Gasteiger partial charge in [-0.05, 0) is 86.8 Å². The number of aliphatic hydroxyl groups is 1. The van der Waals surface area contributed by atoms with E-state index in [0.717, 1.165) is 57.1 Å². The van der Waals surface area contributed by atoms with Crippen LogP contribution >= 0.6 is 0 Å². The Labute approximate surface area is 215 Å². The van der Waals surface area contributed by atoms with Crippen LogP contribution in [0.1, 0.15) is 77.2 Å². The molecular formula is C28H45N3O5. The number of aryl methyl sites for hydroxylation is 1. The Kier molecular flexibility index (Phi) is 10.7. The van der Waals surface area contributed by atoms with E-state index in [1.165, 1.54) is 6.92 Å². The van der Waals surface area contributed by atoms with Gasteiger partial charge in [-0.2, -0.15) is 0 Å². The number of phenols is 1. The van der Waals surface area contributed by atoms with Crippen LogP contribution in [0.4, 0.5) is 0 Å². The maximum absolute atomic E-state index is 11.8. The van der Waals surface area contributed by atoms with E-state index in [0.29, 0.717) is 42.8 Å². The molecule has 202 valence electrons. The van der Waals surface area contributed by atoms with Gasteiger partial charge < -0.3 is 30.7 Å². The third-order valence-electron chi connectivity index (χ3n) is 7.95. The molecule has 36 heavy (non-hydrogen) atoms. The topological polar surface area (TPSA) is 126 Å². The average Bonchev–Trinajstić information content (AvgIpc) is 3.36. The number of aliphatic imine (C=N–C) groups is 1. The highest BCUT2D eigenvalue weighted by atomic mass is 16.5. The summed E-state index contributed by atoms with van der Waals surface area (Å²) in [5, 5.41) is 24.5. The zero-order chi connectivity index (χ0) is 26.1. The molecule has 2 fully saturated rings. The molecule has 3 rings (SSSR count). The summed E-state index contributed by atoms with van der Waals surface area (Å²) in [5.74, 6) is 1.88. The van der Waals surface area contributed by atoms with Crippen LogP contribution in [0, 0.1) is 17.8 Å². The molecule has 0 radical (unpaired) electrons. The molecule has 2 saturated carbocycles. The average molecular weight is 504 g/mol. The van der Waals surface area contributed by atoms with Gasteiger partial charge in [0, 0.05) is 26.9 Å². The highest BCUT2D eigenvalue weighted by Gasteiger charge is 2.33. The molecule has 0 heterocycles. The SMILES string of the molecule is CN=C(N)NC[C@@H]1C[C@H]([C@H](O)C[C@@H](CCc2ccc(O)c(OC3CCCC3)c2)OC(C)=O)CC[C@@H]1C. The van der Waals surface area contributed by atoms with Crippen molar-refractivity contribution in [2.45, 2.75) is 96.4 Å². The number of hydrogen-bond donors (Lipinski definition) is 4. The zero-order valence-corrected chi connectivity index (χ0v) is 22.1. The fourth-order valence-electron chi connectivity index (χ4n) is 5.64. The minimum Gasteiger partial charge on any atom is -0.504 e. The summed E-state index contributed by atoms with van der Waals surface area (Å²) in [6.45, 7) is 4.41. The van der Waals surface area contributed by atoms with Crippen molar-refractivity contribution < 1.29 is 24.5 Å². The zero-order valence-electron chi connectivity index (χ0n) is 22.1. The molecule has 5 N–H and O–H groups in total. The van der Waals surface area contributed by atoms with E-state index < -0.39 is 6.10 Å². The van der Waals surface area contributed by atoms with Gasteiger partial charge in [-0.3, -0.25) is 9.79 Å². The van der Waals surface area contributed by atoms with Gasteiger partial charge in [0.1, 0.15) is 6.10 Å². The van der Waals surface area contributed by atoms with Crippen LogP contribution in [0.5, 0.6) is 11.5 Å². The number of ether oxygens (including phenoxy) is 2. The highest BCUT2D eigenvalue weighted by Crippen LogP contribution is 2.37. The number of nitrogens with one attached hydrogen (secondary N) is 1. The molecule has 5 atom stereocenters. The number of hydrogen-bond acceptors (Lipinski definition) is 6. The summed E-state index contributed by atoms with van der Waals surface area (Å²) < 4.78 is 11.6. The summed E-state index contributed by atoms with van der Waals surface area (Å²) in [6.07, 6.45) is 8.21. The largest absolute Gasteiger partial charge is 0.504 e. The molecule has 0 aliphatic heterocycles. The Morgan fingerprint density at radius 1 is 1.25 bits per heavy atom. The number of carbonyl (C=O) groups is 1. The van der Waals surface area contributed by atoms with Gasteiger partial charge in [0.15, 0.2) is 17.5 Å². The Hall–Kier alpha value is -2.48. The first-order valence-corrected chi connectivity index (χ1v) is 13.5. The quantitative estimate of drug-likeness (QED) is 0.205. The molecule has 8 heteroatoms. The number of rotatable bonds is 11. The molecule has 0 aromatic heterocycles. The van der Waals surface area contributed by atoms with Crippen LogP contribution in [0.2, 0.25) is 0 Å². The normalized spacial score (nSPS) is 24.8. The van der Waals surface area contributed by atoms with Crippen molar-refractivity contribution in [3.63, 3.8) is 0 Å². The Bertz CT molecular complexity index is 871. The van der Waals surface area contributed by atoms with Crippen molar-refractivity contribution in [1.82, 2.24) is 5.32 Å². The first kappa shape index (κ1) is 28.1. The van der Waals surface area contributed by atoms with Gasteiger partial charge in [-0.25, -0.2) is 0 Å². The van der Waals surface area contributed by atoms with E-state index >= 15 is 0 Å². The van der Waals surface area contributed by atoms with E-state index in [1.807, 2.05) is 12.1 Å². The van der Waals surface area contributed by atoms with Crippen LogP contribution in [0.15, 0.2) is 23.2 Å². The molecule has 8 nitrogen and oxygen atoms in total. The Morgan fingerprint density at radius 3 is 2.69 bits per heavy atom. The molecule has 0 spiro atoms. The predicted molar refractivity (Wildman–Crippen MR) is 141 cm³/mol. The number of esters is 1. The lowest BCUT2D eigenvalue weighted by molar-refractivity contribution is -0.148. The third-order valence-corrected chi connectivity index (χ3v) is 7.95. The number of aromatic hydroxyl groups is 1. The van der Waals surface area contributed by atoms with Crippen LogP contribution in [-0.2, 0) is 16.0 Å². The number of phenolic OH excluding ortho intramolecular Hbond substituents is 1. The van der Waals surface area contributed by atoms with Gasteiger partial charge >= 0.3 is 5.97 Å². The minimum absolute atomic E-state index is 0.153. The predicted octanol–water partition coefficient (Wildman–Crippen LogP) is 3.92. The van der Waals surface area contributed by atoms with Gasteiger partial charge in [-0.1, -0.05) is 19.4 Å². The van der Waals surface area contributed by atoms with Crippen molar-refractivity contribution in [2.75, 3.05) is 13.6 Å². The number of benzene rings is 1. The summed E-state index contributed by atoms with van der Waals surface area (Å²) in [7, 11) is 1.66. The highest BCUT2D eigenvalue weighted by molar-refractivity contribution is 5.77. The number of nitrogens with two attached hydrogens (primary N) is 1. The second-order valence-electron chi connectivity index (χ2n) is 10.7. The Balaban J connectivity index is 1.56. The van der Waals surface area contributed by atoms with Crippen LogP contribution in [-0.4, -0.2) is 54.0 Å².